The van der Waals surface area contributed by atoms with Crippen molar-refractivity contribution in [3.8, 4) is 5.88 Å². The van der Waals surface area contributed by atoms with Crippen LogP contribution in [-0.2, 0) is 9.53 Å². The molecule has 2 aromatic rings. The maximum absolute atomic E-state index is 12.9. The van der Waals surface area contributed by atoms with E-state index in [0.29, 0.717) is 31.1 Å². The Bertz CT molecular complexity index is 933. The molecule has 0 bridgehead atoms. The standard InChI is InChI=1S/C19H22N4O3.C2HF3O2/c24-18(15-5-9-21-22-12-15)23-10-6-16-19(13-23,7-3-11-25-16)14-26-17-4-1-2-8-20-17;3-2(4,5)1(6)7/h1-2,4-5,8-9,12,16H,3,6-7,10-11,13-14H2;(H,6,7). The Balaban J connectivity index is 0.000000383. The fourth-order valence-corrected chi connectivity index (χ4v) is 3.92. The van der Waals surface area contributed by atoms with Crippen molar-refractivity contribution in [3.05, 3.63) is 48.4 Å². The zero-order valence-electron chi connectivity index (χ0n) is 17.6. The molecule has 0 spiro atoms. The number of piperidine rings is 1. The van der Waals surface area contributed by atoms with Crippen LogP contribution in [0.15, 0.2) is 42.9 Å². The van der Waals surface area contributed by atoms with Gasteiger partial charge in [0.1, 0.15) is 0 Å². The van der Waals surface area contributed by atoms with Gasteiger partial charge in [-0.1, -0.05) is 6.07 Å². The molecule has 12 heteroatoms. The van der Waals surface area contributed by atoms with E-state index in [9.17, 15) is 18.0 Å². The number of hydrogen-bond donors (Lipinski definition) is 1. The first-order valence-electron chi connectivity index (χ1n) is 10.2. The minimum atomic E-state index is -5.08. The number of amides is 1. The number of pyridine rings is 1. The average Bonchev–Trinajstić information content (AvgIpc) is 2.83. The zero-order valence-corrected chi connectivity index (χ0v) is 17.6. The minimum absolute atomic E-state index is 0.0128. The highest BCUT2D eigenvalue weighted by molar-refractivity contribution is 5.93. The largest absolute Gasteiger partial charge is 0.490 e. The second kappa shape index (κ2) is 10.6. The highest BCUT2D eigenvalue weighted by Gasteiger charge is 2.48. The molecule has 0 aromatic carbocycles. The molecule has 4 rings (SSSR count). The van der Waals surface area contributed by atoms with Crippen molar-refractivity contribution in [2.24, 2.45) is 5.41 Å². The lowest BCUT2D eigenvalue weighted by Gasteiger charge is -2.50. The monoisotopic (exact) mass is 468 g/mol. The van der Waals surface area contributed by atoms with E-state index in [0.717, 1.165) is 25.9 Å². The molecule has 2 unspecified atom stereocenters. The maximum atomic E-state index is 12.9. The third-order valence-corrected chi connectivity index (χ3v) is 5.49. The summed E-state index contributed by atoms with van der Waals surface area (Å²) in [5.74, 6) is -2.17. The van der Waals surface area contributed by atoms with Crippen molar-refractivity contribution in [1.82, 2.24) is 20.1 Å². The van der Waals surface area contributed by atoms with Gasteiger partial charge in [0.25, 0.3) is 5.91 Å². The topological polar surface area (TPSA) is 115 Å². The summed E-state index contributed by atoms with van der Waals surface area (Å²) in [4.78, 5) is 27.9. The van der Waals surface area contributed by atoms with Gasteiger partial charge in [0.2, 0.25) is 5.88 Å². The molecule has 9 nitrogen and oxygen atoms in total. The zero-order chi connectivity index (χ0) is 23.9. The second-order valence-corrected chi connectivity index (χ2v) is 7.73. The summed E-state index contributed by atoms with van der Waals surface area (Å²) < 4.78 is 43.8. The van der Waals surface area contributed by atoms with Crippen molar-refractivity contribution in [1.29, 1.82) is 0 Å². The number of carboxylic acids is 1. The van der Waals surface area contributed by atoms with Gasteiger partial charge < -0.3 is 19.5 Å². The lowest BCUT2D eigenvalue weighted by Crippen LogP contribution is -2.58. The summed E-state index contributed by atoms with van der Waals surface area (Å²) in [5, 5.41) is 14.7. The van der Waals surface area contributed by atoms with Crippen LogP contribution in [-0.4, -0.2) is 75.6 Å². The quantitative estimate of drug-likeness (QED) is 0.728. The summed E-state index contributed by atoms with van der Waals surface area (Å²) in [6, 6.07) is 7.32. The first kappa shape index (κ1) is 24.4. The predicted molar refractivity (Wildman–Crippen MR) is 107 cm³/mol. The molecule has 178 valence electrons. The Hall–Kier alpha value is -3.28. The molecular formula is C21H23F3N4O5. The number of ether oxygens (including phenoxy) is 2. The number of nitrogens with zero attached hydrogens (tertiary/aromatic N) is 4. The number of halogens is 3. The summed E-state index contributed by atoms with van der Waals surface area (Å²) in [5.41, 5.74) is 0.361. The number of aromatic nitrogens is 3. The number of hydrogen-bond acceptors (Lipinski definition) is 7. The number of aliphatic carboxylic acids is 1. The fourth-order valence-electron chi connectivity index (χ4n) is 3.92. The summed E-state index contributed by atoms with van der Waals surface area (Å²) in [6.45, 7) is 2.56. The maximum Gasteiger partial charge on any atom is 0.490 e. The van der Waals surface area contributed by atoms with E-state index in [2.05, 4.69) is 15.2 Å². The Morgan fingerprint density at radius 2 is 2.03 bits per heavy atom. The van der Waals surface area contributed by atoms with E-state index in [-0.39, 0.29) is 17.4 Å². The SMILES string of the molecule is O=C(O)C(F)(F)F.O=C(c1ccnnc1)N1CCC2OCCCC2(COc2ccccn2)C1. The Morgan fingerprint density at radius 1 is 1.24 bits per heavy atom. The molecule has 0 radical (unpaired) electrons. The van der Waals surface area contributed by atoms with Gasteiger partial charge in [0.05, 0.1) is 30.7 Å². The van der Waals surface area contributed by atoms with E-state index in [1.165, 1.54) is 6.20 Å². The molecule has 2 fully saturated rings. The summed E-state index contributed by atoms with van der Waals surface area (Å²) >= 11 is 0. The van der Waals surface area contributed by atoms with E-state index in [4.69, 9.17) is 19.4 Å². The third kappa shape index (κ3) is 6.37. The second-order valence-electron chi connectivity index (χ2n) is 7.73. The van der Waals surface area contributed by atoms with E-state index in [1.807, 2.05) is 23.1 Å². The van der Waals surface area contributed by atoms with Crippen LogP contribution in [0.1, 0.15) is 29.6 Å². The van der Waals surface area contributed by atoms with Gasteiger partial charge in [-0.2, -0.15) is 23.4 Å². The van der Waals surface area contributed by atoms with Crippen molar-refractivity contribution >= 4 is 11.9 Å². The van der Waals surface area contributed by atoms with Crippen LogP contribution in [0.5, 0.6) is 5.88 Å². The van der Waals surface area contributed by atoms with Crippen LogP contribution < -0.4 is 4.74 Å². The number of carbonyl (C=O) groups excluding carboxylic acids is 1. The molecule has 33 heavy (non-hydrogen) atoms. The molecule has 2 saturated heterocycles. The number of likely N-dealkylation sites (tertiary alicyclic amines) is 1. The highest BCUT2D eigenvalue weighted by atomic mass is 19.4. The van der Waals surface area contributed by atoms with E-state index >= 15 is 0 Å². The Morgan fingerprint density at radius 3 is 2.67 bits per heavy atom. The first-order chi connectivity index (χ1) is 15.7. The van der Waals surface area contributed by atoms with Crippen LogP contribution in [0.4, 0.5) is 13.2 Å². The smallest absolute Gasteiger partial charge is 0.477 e. The van der Waals surface area contributed by atoms with Gasteiger partial charge in [0.15, 0.2) is 0 Å². The average molecular weight is 468 g/mol. The van der Waals surface area contributed by atoms with Gasteiger partial charge in [-0.25, -0.2) is 9.78 Å². The van der Waals surface area contributed by atoms with Crippen molar-refractivity contribution in [2.45, 2.75) is 31.5 Å². The van der Waals surface area contributed by atoms with Gasteiger partial charge in [-0.15, -0.1) is 0 Å². The molecule has 2 aromatic heterocycles. The van der Waals surface area contributed by atoms with Crippen LogP contribution in [0.2, 0.25) is 0 Å². The van der Waals surface area contributed by atoms with Crippen molar-refractivity contribution in [3.63, 3.8) is 0 Å². The molecule has 0 aliphatic carbocycles. The summed E-state index contributed by atoms with van der Waals surface area (Å²) in [6.07, 6.45) is 2.57. The Kier molecular flexibility index (Phi) is 7.79. The molecule has 2 atom stereocenters. The van der Waals surface area contributed by atoms with Crippen LogP contribution in [0.3, 0.4) is 0 Å². The van der Waals surface area contributed by atoms with Crippen LogP contribution >= 0.6 is 0 Å². The number of rotatable bonds is 4. The molecule has 1 amide bonds. The lowest BCUT2D eigenvalue weighted by molar-refractivity contribution is -0.192. The molecule has 2 aliphatic heterocycles. The minimum Gasteiger partial charge on any atom is -0.477 e. The van der Waals surface area contributed by atoms with Crippen LogP contribution in [0.25, 0.3) is 0 Å². The van der Waals surface area contributed by atoms with Gasteiger partial charge in [-0.3, -0.25) is 4.79 Å². The fraction of sp³-hybridized carbons (Fsp3) is 0.476. The first-order valence-corrected chi connectivity index (χ1v) is 10.2. The summed E-state index contributed by atoms with van der Waals surface area (Å²) in [7, 11) is 0. The highest BCUT2D eigenvalue weighted by Crippen LogP contribution is 2.40. The van der Waals surface area contributed by atoms with Gasteiger partial charge in [0, 0.05) is 37.4 Å². The number of carboxylic acid groups (broad SMARTS) is 1. The Labute approximate surface area is 187 Å². The lowest BCUT2D eigenvalue weighted by atomic mass is 9.73. The number of alkyl halides is 3. The van der Waals surface area contributed by atoms with Crippen LogP contribution in [0, 0.1) is 5.41 Å². The number of fused-ring (bicyclic) bond motifs is 1. The third-order valence-electron chi connectivity index (χ3n) is 5.49. The van der Waals surface area contributed by atoms with Crippen molar-refractivity contribution < 1.29 is 37.3 Å². The molecule has 4 heterocycles. The van der Waals surface area contributed by atoms with E-state index < -0.39 is 12.1 Å². The van der Waals surface area contributed by atoms with Gasteiger partial charge >= 0.3 is 12.1 Å². The van der Waals surface area contributed by atoms with E-state index in [1.54, 1.807) is 18.5 Å². The number of carbonyl (C=O) groups is 2. The normalized spacial score (nSPS) is 22.4. The molecule has 0 saturated carbocycles. The predicted octanol–water partition coefficient (Wildman–Crippen LogP) is 2.60. The molecular weight excluding hydrogens is 445 g/mol. The molecule has 2 aliphatic rings. The van der Waals surface area contributed by atoms with Gasteiger partial charge in [-0.05, 0) is 31.4 Å². The molecule has 1 N–H and O–H groups in total. The van der Waals surface area contributed by atoms with Crippen molar-refractivity contribution in [2.75, 3.05) is 26.3 Å².